The average molecular weight is 112 g/mol. The van der Waals surface area contributed by atoms with Crippen LogP contribution < -0.4 is 5.43 Å². The monoisotopic (exact) mass is 112 g/mol. The van der Waals surface area contributed by atoms with Crippen LogP contribution in [0.25, 0.3) is 0 Å². The largest absolute Gasteiger partial charge is 0.305 e. The lowest BCUT2D eigenvalue weighted by Gasteiger charge is -2.37. The highest BCUT2D eigenvalue weighted by atomic mass is 15.3. The van der Waals surface area contributed by atoms with Gasteiger partial charge < -0.3 is 5.43 Å². The van der Waals surface area contributed by atoms with Crippen LogP contribution in [0.2, 0.25) is 0 Å². The van der Waals surface area contributed by atoms with Crippen molar-refractivity contribution >= 4 is 6.72 Å². The van der Waals surface area contributed by atoms with Crippen molar-refractivity contribution in [3.05, 3.63) is 0 Å². The molecular weight excluding hydrogens is 100 g/mol. The number of hydrogen-bond donors (Lipinski definition) is 1. The van der Waals surface area contributed by atoms with Gasteiger partial charge >= 0.3 is 0 Å². The summed E-state index contributed by atoms with van der Waals surface area (Å²) in [5.74, 6) is 0. The molecule has 0 unspecified atom stereocenters. The molecule has 2 nitrogen and oxygen atoms in total. The highest BCUT2D eigenvalue weighted by Crippen LogP contribution is 2.30. The van der Waals surface area contributed by atoms with Crippen LogP contribution in [0.3, 0.4) is 0 Å². The van der Waals surface area contributed by atoms with Crippen LogP contribution in [-0.2, 0) is 0 Å². The van der Waals surface area contributed by atoms with Gasteiger partial charge in [-0.15, -0.1) is 0 Å². The van der Waals surface area contributed by atoms with Crippen molar-refractivity contribution in [1.82, 2.24) is 5.43 Å². The van der Waals surface area contributed by atoms with Crippen molar-refractivity contribution in [2.24, 2.45) is 5.10 Å². The van der Waals surface area contributed by atoms with Crippen LogP contribution >= 0.6 is 0 Å². The van der Waals surface area contributed by atoms with Gasteiger partial charge in [-0.2, -0.15) is 5.10 Å². The Morgan fingerprint density at radius 1 is 1.62 bits per heavy atom. The predicted octanol–water partition coefficient (Wildman–Crippen LogP) is 1.13. The second-order valence-corrected chi connectivity index (χ2v) is 2.68. The number of rotatable bonds is 2. The molecule has 0 aromatic rings. The van der Waals surface area contributed by atoms with Crippen molar-refractivity contribution in [2.45, 2.75) is 31.7 Å². The van der Waals surface area contributed by atoms with Gasteiger partial charge in [-0.3, -0.25) is 0 Å². The highest BCUT2D eigenvalue weighted by molar-refractivity contribution is 5.22. The normalized spacial score (nSPS) is 23.6. The van der Waals surface area contributed by atoms with Gasteiger partial charge in [0.25, 0.3) is 0 Å². The molecule has 8 heavy (non-hydrogen) atoms. The molecule has 2 heteroatoms. The highest BCUT2D eigenvalue weighted by Gasteiger charge is 2.30. The Bertz CT molecular complexity index is 94.7. The third kappa shape index (κ3) is 0.831. The third-order valence-electron chi connectivity index (χ3n) is 1.81. The van der Waals surface area contributed by atoms with E-state index in [1.165, 1.54) is 19.3 Å². The Labute approximate surface area is 50.0 Å². The maximum absolute atomic E-state index is 3.63. The van der Waals surface area contributed by atoms with Gasteiger partial charge in [-0.05, 0) is 26.2 Å². The van der Waals surface area contributed by atoms with Crippen LogP contribution in [0.15, 0.2) is 5.10 Å². The number of nitrogens with zero attached hydrogens (tertiary/aromatic N) is 1. The third-order valence-corrected chi connectivity index (χ3v) is 1.81. The summed E-state index contributed by atoms with van der Waals surface area (Å²) in [5.41, 5.74) is 3.27. The van der Waals surface area contributed by atoms with Crippen LogP contribution in [0.4, 0.5) is 0 Å². The van der Waals surface area contributed by atoms with Crippen LogP contribution in [-0.4, -0.2) is 12.3 Å². The summed E-state index contributed by atoms with van der Waals surface area (Å²) >= 11 is 0. The topological polar surface area (TPSA) is 24.4 Å². The predicted molar refractivity (Wildman–Crippen MR) is 34.9 cm³/mol. The summed E-state index contributed by atoms with van der Waals surface area (Å²) in [7, 11) is 0. The molecule has 1 aliphatic carbocycles. The summed E-state index contributed by atoms with van der Waals surface area (Å²) in [4.78, 5) is 0. The summed E-state index contributed by atoms with van der Waals surface area (Å²) in [6.07, 6.45) is 3.82. The SMILES string of the molecule is C=NNC1(C)CCC1. The molecule has 0 saturated heterocycles. The van der Waals surface area contributed by atoms with E-state index in [0.717, 1.165) is 0 Å². The quantitative estimate of drug-likeness (QED) is 0.420. The van der Waals surface area contributed by atoms with E-state index in [2.05, 4.69) is 24.2 Å². The van der Waals surface area contributed by atoms with E-state index in [9.17, 15) is 0 Å². The molecule has 46 valence electrons. The van der Waals surface area contributed by atoms with E-state index in [4.69, 9.17) is 0 Å². The molecule has 1 rings (SSSR count). The average Bonchev–Trinajstić information content (AvgIpc) is 1.64. The van der Waals surface area contributed by atoms with Gasteiger partial charge in [0, 0.05) is 6.72 Å². The Hall–Kier alpha value is -0.530. The number of hydrazone groups is 1. The lowest BCUT2D eigenvalue weighted by molar-refractivity contribution is 0.213. The molecule has 0 radical (unpaired) electrons. The van der Waals surface area contributed by atoms with Gasteiger partial charge in [-0.1, -0.05) is 0 Å². The van der Waals surface area contributed by atoms with Crippen molar-refractivity contribution in [1.29, 1.82) is 0 Å². The first-order chi connectivity index (χ1) is 3.77. The van der Waals surface area contributed by atoms with Gasteiger partial charge in [-0.25, -0.2) is 0 Å². The first-order valence-corrected chi connectivity index (χ1v) is 3.00. The maximum atomic E-state index is 3.63. The molecule has 1 saturated carbocycles. The van der Waals surface area contributed by atoms with Gasteiger partial charge in [0.1, 0.15) is 0 Å². The minimum absolute atomic E-state index is 0.293. The van der Waals surface area contributed by atoms with Crippen molar-refractivity contribution in [2.75, 3.05) is 0 Å². The first-order valence-electron chi connectivity index (χ1n) is 3.00. The zero-order chi connectivity index (χ0) is 6.04. The fraction of sp³-hybridized carbons (Fsp3) is 0.833. The molecule has 1 fully saturated rings. The molecule has 0 atom stereocenters. The molecule has 1 aliphatic rings. The van der Waals surface area contributed by atoms with Crippen LogP contribution in [0, 0.1) is 0 Å². The summed E-state index contributed by atoms with van der Waals surface area (Å²) in [6, 6.07) is 0. The standard InChI is InChI=1S/C6H12N2/c1-6(8-7-2)4-3-5-6/h8H,2-5H2,1H3. The van der Waals surface area contributed by atoms with Gasteiger partial charge in [0.2, 0.25) is 0 Å². The molecule has 0 aromatic heterocycles. The molecule has 0 aliphatic heterocycles. The Morgan fingerprint density at radius 2 is 2.25 bits per heavy atom. The van der Waals surface area contributed by atoms with E-state index in [1.807, 2.05) is 0 Å². The lowest BCUT2D eigenvalue weighted by atomic mass is 9.79. The molecular formula is C6H12N2. The van der Waals surface area contributed by atoms with Crippen molar-refractivity contribution < 1.29 is 0 Å². The van der Waals surface area contributed by atoms with Crippen LogP contribution in [0.1, 0.15) is 26.2 Å². The molecule has 0 aromatic carbocycles. The molecule has 0 amide bonds. The minimum atomic E-state index is 0.293. The number of nitrogens with one attached hydrogen (secondary N) is 1. The molecule has 0 spiro atoms. The Kier molecular flexibility index (Phi) is 1.24. The fourth-order valence-electron chi connectivity index (χ4n) is 1.01. The fourth-order valence-corrected chi connectivity index (χ4v) is 1.01. The second kappa shape index (κ2) is 1.77. The minimum Gasteiger partial charge on any atom is -0.305 e. The van der Waals surface area contributed by atoms with E-state index >= 15 is 0 Å². The molecule has 0 bridgehead atoms. The zero-order valence-electron chi connectivity index (χ0n) is 5.28. The summed E-state index contributed by atoms with van der Waals surface area (Å²) in [6.45, 7) is 5.54. The Morgan fingerprint density at radius 3 is 2.38 bits per heavy atom. The molecule has 0 heterocycles. The second-order valence-electron chi connectivity index (χ2n) is 2.68. The summed E-state index contributed by atoms with van der Waals surface area (Å²) in [5, 5.41) is 3.63. The van der Waals surface area contributed by atoms with E-state index < -0.39 is 0 Å². The van der Waals surface area contributed by atoms with Crippen molar-refractivity contribution in [3.63, 3.8) is 0 Å². The maximum Gasteiger partial charge on any atom is 0.0520 e. The van der Waals surface area contributed by atoms with Gasteiger partial charge in [0.15, 0.2) is 0 Å². The van der Waals surface area contributed by atoms with E-state index in [1.54, 1.807) is 0 Å². The van der Waals surface area contributed by atoms with Crippen molar-refractivity contribution in [3.8, 4) is 0 Å². The number of hydrogen-bond acceptors (Lipinski definition) is 2. The first kappa shape index (κ1) is 5.60. The Balaban J connectivity index is 2.29. The summed E-state index contributed by atoms with van der Waals surface area (Å²) < 4.78 is 0. The van der Waals surface area contributed by atoms with Gasteiger partial charge in [0.05, 0.1) is 5.54 Å². The van der Waals surface area contributed by atoms with E-state index in [0.29, 0.717) is 5.54 Å². The smallest absolute Gasteiger partial charge is 0.0520 e. The van der Waals surface area contributed by atoms with Crippen LogP contribution in [0.5, 0.6) is 0 Å². The zero-order valence-corrected chi connectivity index (χ0v) is 5.28. The van der Waals surface area contributed by atoms with E-state index in [-0.39, 0.29) is 0 Å². The molecule has 1 N–H and O–H groups in total. The lowest BCUT2D eigenvalue weighted by Crippen LogP contribution is -2.45.